The zero-order valence-corrected chi connectivity index (χ0v) is 16.7. The summed E-state index contributed by atoms with van der Waals surface area (Å²) in [6.45, 7) is 3.49. The van der Waals surface area contributed by atoms with Gasteiger partial charge in [-0.05, 0) is 84.3 Å². The van der Waals surface area contributed by atoms with E-state index in [1.165, 1.54) is 5.56 Å². The van der Waals surface area contributed by atoms with E-state index in [-0.39, 0.29) is 11.8 Å². The van der Waals surface area contributed by atoms with Gasteiger partial charge < -0.3 is 15.3 Å². The quantitative estimate of drug-likeness (QED) is 0.668. The Hall–Kier alpha value is -2.09. The van der Waals surface area contributed by atoms with Crippen molar-refractivity contribution in [2.75, 3.05) is 23.3 Å². The lowest BCUT2D eigenvalue weighted by Gasteiger charge is -2.32. The average molecular weight is 464 g/mol. The molecule has 0 aliphatic carbocycles. The fraction of sp³-hybridized carbons (Fsp3) is 0.300. The van der Waals surface area contributed by atoms with Crippen molar-refractivity contribution >= 4 is 45.8 Å². The normalized spacial score (nSPS) is 14.9. The molecule has 1 saturated heterocycles. The van der Waals surface area contributed by atoms with Crippen LogP contribution in [0, 0.1) is 16.4 Å². The van der Waals surface area contributed by atoms with Gasteiger partial charge in [0.05, 0.1) is 5.92 Å². The van der Waals surface area contributed by atoms with Crippen LogP contribution in [0.1, 0.15) is 28.8 Å². The highest BCUT2D eigenvalue weighted by atomic mass is 127. The van der Waals surface area contributed by atoms with Crippen LogP contribution in [0.25, 0.3) is 0 Å². The fourth-order valence-corrected chi connectivity index (χ4v) is 3.60. The summed E-state index contributed by atoms with van der Waals surface area (Å²) in [4.78, 5) is 25.6. The number of anilines is 2. The van der Waals surface area contributed by atoms with E-state index in [1.807, 2.05) is 49.4 Å². The molecule has 0 atom stereocenters. The van der Waals surface area contributed by atoms with Crippen molar-refractivity contribution in [1.82, 2.24) is 0 Å². The molecular formula is C20H21IN2O3. The van der Waals surface area contributed by atoms with E-state index in [0.29, 0.717) is 18.4 Å². The second-order valence-electron chi connectivity index (χ2n) is 6.56. The van der Waals surface area contributed by atoms with Crippen LogP contribution in [-0.4, -0.2) is 30.1 Å². The number of rotatable bonds is 4. The van der Waals surface area contributed by atoms with Gasteiger partial charge in [-0.1, -0.05) is 6.07 Å². The van der Waals surface area contributed by atoms with E-state index in [9.17, 15) is 9.59 Å². The third-order valence-corrected chi connectivity index (χ3v) is 5.93. The van der Waals surface area contributed by atoms with E-state index in [4.69, 9.17) is 5.11 Å². The molecule has 2 aromatic rings. The van der Waals surface area contributed by atoms with Crippen LogP contribution in [0.2, 0.25) is 0 Å². The second-order valence-corrected chi connectivity index (χ2v) is 7.73. The topological polar surface area (TPSA) is 69.6 Å². The SMILES string of the molecule is Cc1ccc(NC(=O)c2ccc(N3CCC(C(=O)O)CC3)cc2)cc1I. The van der Waals surface area contributed by atoms with Gasteiger partial charge in [0.15, 0.2) is 0 Å². The first-order valence-corrected chi connectivity index (χ1v) is 9.67. The number of hydrogen-bond acceptors (Lipinski definition) is 3. The number of piperidine rings is 1. The van der Waals surface area contributed by atoms with Gasteiger partial charge in [0, 0.05) is 33.6 Å². The van der Waals surface area contributed by atoms with Crippen LogP contribution in [0.15, 0.2) is 42.5 Å². The molecule has 1 fully saturated rings. The number of amides is 1. The Balaban J connectivity index is 1.63. The molecule has 0 unspecified atom stereocenters. The maximum absolute atomic E-state index is 12.4. The number of carboxylic acid groups (broad SMARTS) is 1. The molecule has 1 heterocycles. The summed E-state index contributed by atoms with van der Waals surface area (Å²) < 4.78 is 1.11. The van der Waals surface area contributed by atoms with E-state index in [1.54, 1.807) is 0 Å². The largest absolute Gasteiger partial charge is 0.481 e. The van der Waals surface area contributed by atoms with Gasteiger partial charge in [-0.25, -0.2) is 0 Å². The lowest BCUT2D eigenvalue weighted by molar-refractivity contribution is -0.142. The lowest BCUT2D eigenvalue weighted by atomic mass is 9.96. The molecule has 0 saturated carbocycles. The Labute approximate surface area is 166 Å². The minimum Gasteiger partial charge on any atom is -0.481 e. The van der Waals surface area contributed by atoms with Crippen molar-refractivity contribution in [1.29, 1.82) is 0 Å². The Kier molecular flexibility index (Phi) is 5.80. The Bertz CT molecular complexity index is 812. The Morgan fingerprint density at radius 3 is 2.35 bits per heavy atom. The summed E-state index contributed by atoms with van der Waals surface area (Å²) in [7, 11) is 0. The number of halogens is 1. The number of aliphatic carboxylic acids is 1. The van der Waals surface area contributed by atoms with E-state index in [2.05, 4.69) is 32.8 Å². The minimum atomic E-state index is -0.706. The zero-order chi connectivity index (χ0) is 18.7. The third kappa shape index (κ3) is 4.35. The number of carbonyl (C=O) groups excluding carboxylic acids is 1. The number of carboxylic acids is 1. The van der Waals surface area contributed by atoms with Crippen LogP contribution < -0.4 is 10.2 Å². The Morgan fingerprint density at radius 2 is 1.77 bits per heavy atom. The molecule has 6 heteroatoms. The van der Waals surface area contributed by atoms with Gasteiger partial charge in [0.2, 0.25) is 0 Å². The summed E-state index contributed by atoms with van der Waals surface area (Å²) in [6.07, 6.45) is 1.31. The molecule has 1 aliphatic rings. The van der Waals surface area contributed by atoms with Gasteiger partial charge in [-0.3, -0.25) is 9.59 Å². The number of hydrogen-bond donors (Lipinski definition) is 2. The van der Waals surface area contributed by atoms with Gasteiger partial charge >= 0.3 is 5.97 Å². The molecule has 136 valence electrons. The highest BCUT2D eigenvalue weighted by molar-refractivity contribution is 14.1. The first-order valence-electron chi connectivity index (χ1n) is 8.59. The molecule has 1 aliphatic heterocycles. The van der Waals surface area contributed by atoms with Crippen LogP contribution in [0.5, 0.6) is 0 Å². The maximum atomic E-state index is 12.4. The third-order valence-electron chi connectivity index (χ3n) is 4.77. The summed E-state index contributed by atoms with van der Waals surface area (Å²) in [5, 5.41) is 12.0. The number of aryl methyl sites for hydroxylation is 1. The molecule has 5 nitrogen and oxygen atoms in total. The predicted molar refractivity (Wildman–Crippen MR) is 111 cm³/mol. The summed E-state index contributed by atoms with van der Waals surface area (Å²) in [5.41, 5.74) is 3.59. The van der Waals surface area contributed by atoms with Crippen LogP contribution in [0.3, 0.4) is 0 Å². The fourth-order valence-electron chi connectivity index (χ4n) is 3.08. The van der Waals surface area contributed by atoms with E-state index in [0.717, 1.165) is 28.0 Å². The number of nitrogens with zero attached hydrogens (tertiary/aromatic N) is 1. The van der Waals surface area contributed by atoms with Gasteiger partial charge in [-0.15, -0.1) is 0 Å². The molecule has 2 aromatic carbocycles. The highest BCUT2D eigenvalue weighted by Crippen LogP contribution is 2.24. The first kappa shape index (κ1) is 18.7. The first-order chi connectivity index (χ1) is 12.4. The monoisotopic (exact) mass is 464 g/mol. The summed E-state index contributed by atoms with van der Waals surface area (Å²) in [5.74, 6) is -1.09. The molecular weight excluding hydrogens is 443 g/mol. The van der Waals surface area contributed by atoms with Crippen LogP contribution in [0.4, 0.5) is 11.4 Å². The van der Waals surface area contributed by atoms with Crippen molar-refractivity contribution in [2.24, 2.45) is 5.92 Å². The van der Waals surface area contributed by atoms with Crippen molar-refractivity contribution in [3.63, 3.8) is 0 Å². The van der Waals surface area contributed by atoms with Gasteiger partial charge in [0.1, 0.15) is 0 Å². The summed E-state index contributed by atoms with van der Waals surface area (Å²) in [6, 6.07) is 13.3. The van der Waals surface area contributed by atoms with Crippen LogP contribution >= 0.6 is 22.6 Å². The molecule has 0 spiro atoms. The van der Waals surface area contributed by atoms with Crippen molar-refractivity contribution in [3.8, 4) is 0 Å². The van der Waals surface area contributed by atoms with E-state index < -0.39 is 5.97 Å². The average Bonchev–Trinajstić information content (AvgIpc) is 2.65. The lowest BCUT2D eigenvalue weighted by Crippen LogP contribution is -2.36. The molecule has 3 rings (SSSR count). The molecule has 1 amide bonds. The maximum Gasteiger partial charge on any atom is 0.306 e. The van der Waals surface area contributed by atoms with Gasteiger partial charge in [0.25, 0.3) is 5.91 Å². The molecule has 2 N–H and O–H groups in total. The van der Waals surface area contributed by atoms with Crippen molar-refractivity contribution in [3.05, 3.63) is 57.2 Å². The second kappa shape index (κ2) is 8.07. The standard InChI is InChI=1S/C20H21IN2O3/c1-13-2-5-16(12-18(13)21)22-19(24)14-3-6-17(7-4-14)23-10-8-15(9-11-23)20(25)26/h2-7,12,15H,8-11H2,1H3,(H,22,24)(H,25,26). The predicted octanol–water partition coefficient (Wildman–Crippen LogP) is 4.15. The zero-order valence-electron chi connectivity index (χ0n) is 14.5. The summed E-state index contributed by atoms with van der Waals surface area (Å²) >= 11 is 2.25. The minimum absolute atomic E-state index is 0.138. The van der Waals surface area contributed by atoms with Crippen molar-refractivity contribution in [2.45, 2.75) is 19.8 Å². The van der Waals surface area contributed by atoms with Gasteiger partial charge in [-0.2, -0.15) is 0 Å². The highest BCUT2D eigenvalue weighted by Gasteiger charge is 2.24. The Morgan fingerprint density at radius 1 is 1.12 bits per heavy atom. The number of nitrogens with one attached hydrogen (secondary N) is 1. The van der Waals surface area contributed by atoms with E-state index >= 15 is 0 Å². The smallest absolute Gasteiger partial charge is 0.306 e. The number of benzene rings is 2. The van der Waals surface area contributed by atoms with Crippen LogP contribution in [-0.2, 0) is 4.79 Å². The molecule has 0 aromatic heterocycles. The number of carbonyl (C=O) groups is 2. The molecule has 0 bridgehead atoms. The molecule has 0 radical (unpaired) electrons. The van der Waals surface area contributed by atoms with Crippen molar-refractivity contribution < 1.29 is 14.7 Å². The molecule has 26 heavy (non-hydrogen) atoms.